The fourth-order valence-electron chi connectivity index (χ4n) is 3.47. The molecule has 1 aromatic rings. The summed E-state index contributed by atoms with van der Waals surface area (Å²) in [4.78, 5) is 14.6. The summed E-state index contributed by atoms with van der Waals surface area (Å²) in [6.07, 6.45) is 3.80. The van der Waals surface area contributed by atoms with Crippen molar-refractivity contribution < 1.29 is 19.4 Å². The lowest BCUT2D eigenvalue weighted by Crippen LogP contribution is -2.57. The number of methoxy groups -OCH3 is 2. The van der Waals surface area contributed by atoms with E-state index in [-0.39, 0.29) is 5.91 Å². The van der Waals surface area contributed by atoms with Gasteiger partial charge in [0, 0.05) is 25.2 Å². The van der Waals surface area contributed by atoms with E-state index < -0.39 is 5.60 Å². The quantitative estimate of drug-likeness (QED) is 0.746. The number of benzene rings is 1. The van der Waals surface area contributed by atoms with Crippen LogP contribution < -0.4 is 14.8 Å². The molecule has 1 saturated carbocycles. The van der Waals surface area contributed by atoms with Gasteiger partial charge in [-0.05, 0) is 44.2 Å². The van der Waals surface area contributed by atoms with Crippen molar-refractivity contribution in [2.75, 3.05) is 33.9 Å². The van der Waals surface area contributed by atoms with Crippen LogP contribution in [0, 0.1) is 5.92 Å². The zero-order valence-electron chi connectivity index (χ0n) is 15.1. The van der Waals surface area contributed by atoms with Crippen LogP contribution in [0.3, 0.4) is 0 Å². The topological polar surface area (TPSA) is 71.0 Å². The molecule has 3 rings (SSSR count). The smallest absolute Gasteiger partial charge is 0.256 e. The number of rotatable bonds is 8. The average Bonchev–Trinajstić information content (AvgIpc) is 3.43. The number of para-hydroxylation sites is 1. The molecule has 1 heterocycles. The van der Waals surface area contributed by atoms with Gasteiger partial charge in [0.1, 0.15) is 0 Å². The molecule has 1 amide bonds. The van der Waals surface area contributed by atoms with Crippen LogP contribution in [0.1, 0.15) is 31.2 Å². The Hall–Kier alpha value is -1.79. The van der Waals surface area contributed by atoms with Gasteiger partial charge in [0.25, 0.3) is 5.91 Å². The third kappa shape index (κ3) is 4.07. The third-order valence-electron chi connectivity index (χ3n) is 5.10. The fraction of sp³-hybridized carbons (Fsp3) is 0.632. The van der Waals surface area contributed by atoms with Gasteiger partial charge in [0.05, 0.1) is 14.2 Å². The highest BCUT2D eigenvalue weighted by Gasteiger charge is 2.42. The molecule has 138 valence electrons. The molecule has 6 heteroatoms. The summed E-state index contributed by atoms with van der Waals surface area (Å²) in [5.74, 6) is 1.80. The van der Waals surface area contributed by atoms with Crippen LogP contribution in [0.15, 0.2) is 18.2 Å². The van der Waals surface area contributed by atoms with E-state index in [0.29, 0.717) is 37.6 Å². The Kier molecular flexibility index (Phi) is 5.49. The monoisotopic (exact) mass is 348 g/mol. The number of amides is 1. The van der Waals surface area contributed by atoms with Crippen molar-refractivity contribution in [3.05, 3.63) is 23.8 Å². The largest absolute Gasteiger partial charge is 0.493 e. The van der Waals surface area contributed by atoms with Crippen molar-refractivity contribution in [3.8, 4) is 11.5 Å². The van der Waals surface area contributed by atoms with Gasteiger partial charge in [-0.3, -0.25) is 4.79 Å². The molecule has 1 aliphatic carbocycles. The van der Waals surface area contributed by atoms with E-state index >= 15 is 0 Å². The Morgan fingerprint density at radius 1 is 1.32 bits per heavy atom. The lowest BCUT2D eigenvalue weighted by atomic mass is 9.91. The summed E-state index contributed by atoms with van der Waals surface area (Å²) in [6.45, 7) is 2.27. The maximum atomic E-state index is 12.9. The zero-order valence-corrected chi connectivity index (χ0v) is 15.1. The summed E-state index contributed by atoms with van der Waals surface area (Å²) in [5.41, 5.74) is -0.426. The van der Waals surface area contributed by atoms with Crippen molar-refractivity contribution in [2.24, 2.45) is 5.92 Å². The Morgan fingerprint density at radius 2 is 2.12 bits per heavy atom. The summed E-state index contributed by atoms with van der Waals surface area (Å²) < 4.78 is 10.8. The number of nitrogens with zero attached hydrogens (tertiary/aromatic N) is 1. The molecule has 1 atom stereocenters. The summed E-state index contributed by atoms with van der Waals surface area (Å²) in [7, 11) is 3.19. The first-order valence-corrected chi connectivity index (χ1v) is 9.00. The summed E-state index contributed by atoms with van der Waals surface area (Å²) >= 11 is 0. The predicted octanol–water partition coefficient (Wildman–Crippen LogP) is 1.56. The van der Waals surface area contributed by atoms with Gasteiger partial charge in [-0.1, -0.05) is 12.1 Å². The van der Waals surface area contributed by atoms with Crippen LogP contribution >= 0.6 is 0 Å². The van der Waals surface area contributed by atoms with Crippen molar-refractivity contribution >= 4 is 5.91 Å². The van der Waals surface area contributed by atoms with Crippen LogP contribution in [0.25, 0.3) is 0 Å². The molecule has 0 unspecified atom stereocenters. The van der Waals surface area contributed by atoms with Gasteiger partial charge in [-0.15, -0.1) is 0 Å². The first-order chi connectivity index (χ1) is 12.1. The Bertz CT molecular complexity index is 617. The zero-order chi connectivity index (χ0) is 17.9. The van der Waals surface area contributed by atoms with E-state index in [1.807, 2.05) is 18.2 Å². The number of piperidine rings is 1. The minimum atomic E-state index is -1.31. The van der Waals surface area contributed by atoms with Gasteiger partial charge >= 0.3 is 0 Å². The highest BCUT2D eigenvalue weighted by Crippen LogP contribution is 2.33. The summed E-state index contributed by atoms with van der Waals surface area (Å²) in [5, 5.41) is 14.1. The third-order valence-corrected chi connectivity index (χ3v) is 5.10. The molecule has 0 spiro atoms. The molecule has 1 aliphatic heterocycles. The number of likely N-dealkylation sites (tertiary alicyclic amines) is 1. The molecule has 0 aromatic heterocycles. The molecule has 1 aromatic carbocycles. The van der Waals surface area contributed by atoms with Crippen LogP contribution in [0.2, 0.25) is 0 Å². The fourth-order valence-corrected chi connectivity index (χ4v) is 3.47. The van der Waals surface area contributed by atoms with Crippen molar-refractivity contribution in [2.45, 2.75) is 37.8 Å². The van der Waals surface area contributed by atoms with E-state index in [1.165, 1.54) is 12.8 Å². The molecule has 0 bridgehead atoms. The lowest BCUT2D eigenvalue weighted by molar-refractivity contribution is -0.157. The normalized spacial score (nSPS) is 23.6. The number of carbonyl (C=O) groups is 1. The second-order valence-corrected chi connectivity index (χ2v) is 7.09. The minimum absolute atomic E-state index is 0.202. The molecule has 25 heavy (non-hydrogen) atoms. The number of hydrogen-bond donors (Lipinski definition) is 2. The average molecular weight is 348 g/mol. The van der Waals surface area contributed by atoms with E-state index in [0.717, 1.165) is 24.4 Å². The second kappa shape index (κ2) is 7.62. The Labute approximate surface area is 149 Å². The number of nitrogens with one attached hydrogen (secondary N) is 1. The van der Waals surface area contributed by atoms with Gasteiger partial charge in [-0.2, -0.15) is 0 Å². The molecule has 6 nitrogen and oxygen atoms in total. The molecule has 0 radical (unpaired) electrons. The predicted molar refractivity (Wildman–Crippen MR) is 94.7 cm³/mol. The van der Waals surface area contributed by atoms with Crippen LogP contribution in [0.4, 0.5) is 0 Å². The van der Waals surface area contributed by atoms with Crippen molar-refractivity contribution in [1.29, 1.82) is 0 Å². The highest BCUT2D eigenvalue weighted by molar-refractivity contribution is 5.86. The van der Waals surface area contributed by atoms with Gasteiger partial charge in [0.15, 0.2) is 17.1 Å². The van der Waals surface area contributed by atoms with E-state index in [2.05, 4.69) is 5.32 Å². The second-order valence-electron chi connectivity index (χ2n) is 7.09. The maximum absolute atomic E-state index is 12.9. The minimum Gasteiger partial charge on any atom is -0.493 e. The van der Waals surface area contributed by atoms with Gasteiger partial charge in [-0.25, -0.2) is 0 Å². The van der Waals surface area contributed by atoms with Crippen LogP contribution in [0.5, 0.6) is 11.5 Å². The summed E-state index contributed by atoms with van der Waals surface area (Å²) in [6, 6.07) is 5.64. The van der Waals surface area contributed by atoms with E-state index in [4.69, 9.17) is 9.47 Å². The first-order valence-electron chi connectivity index (χ1n) is 9.00. The van der Waals surface area contributed by atoms with Crippen molar-refractivity contribution in [1.82, 2.24) is 10.2 Å². The number of aliphatic hydroxyl groups is 1. The lowest BCUT2D eigenvalue weighted by Gasteiger charge is -2.38. The number of ether oxygens (including phenoxy) is 2. The maximum Gasteiger partial charge on any atom is 0.256 e. The molecule has 1 saturated heterocycles. The Balaban J connectivity index is 1.68. The molecule has 2 N–H and O–H groups in total. The number of hydrogen-bond acceptors (Lipinski definition) is 5. The highest BCUT2D eigenvalue weighted by atomic mass is 16.5. The standard InChI is InChI=1S/C19H28N2O4/c1-24-16-6-3-5-15(17(16)25-2)12-21-10-4-9-19(23,18(21)22)13-20-11-14-7-8-14/h3,5-6,14,20,23H,4,7-13H2,1-2H3/t19-/m0/s1. The van der Waals surface area contributed by atoms with E-state index in [9.17, 15) is 9.90 Å². The van der Waals surface area contributed by atoms with Crippen LogP contribution in [-0.4, -0.2) is 55.4 Å². The SMILES string of the molecule is COc1cccc(CN2CCC[C@](O)(CNCC3CC3)C2=O)c1OC. The molecular weight excluding hydrogens is 320 g/mol. The van der Waals surface area contributed by atoms with E-state index in [1.54, 1.807) is 19.1 Å². The first kappa shape index (κ1) is 18.0. The van der Waals surface area contributed by atoms with Gasteiger partial charge < -0.3 is 24.8 Å². The number of carbonyl (C=O) groups excluding carboxylic acids is 1. The Morgan fingerprint density at radius 3 is 2.80 bits per heavy atom. The molecular formula is C19H28N2O4. The van der Waals surface area contributed by atoms with Gasteiger partial charge in [0.2, 0.25) is 0 Å². The molecule has 2 fully saturated rings. The molecule has 2 aliphatic rings. The van der Waals surface area contributed by atoms with Crippen LogP contribution in [-0.2, 0) is 11.3 Å². The van der Waals surface area contributed by atoms with Crippen molar-refractivity contribution in [3.63, 3.8) is 0 Å².